The maximum atomic E-state index is 10.6. The molecule has 3 nitrogen and oxygen atoms in total. The first kappa shape index (κ1) is 9.21. The van der Waals surface area contributed by atoms with Gasteiger partial charge in [0.1, 0.15) is 0 Å². The van der Waals surface area contributed by atoms with Crippen LogP contribution in [0.2, 0.25) is 0 Å². The lowest BCUT2D eigenvalue weighted by Gasteiger charge is -2.29. The molecule has 0 amide bonds. The van der Waals surface area contributed by atoms with E-state index in [1.165, 1.54) is 0 Å². The minimum atomic E-state index is -0.767. The molecule has 3 heteroatoms. The molecule has 0 saturated carbocycles. The van der Waals surface area contributed by atoms with Gasteiger partial charge in [0.15, 0.2) is 0 Å². The van der Waals surface area contributed by atoms with Crippen molar-refractivity contribution in [1.29, 1.82) is 0 Å². The van der Waals surface area contributed by atoms with Gasteiger partial charge in [0.2, 0.25) is 0 Å². The number of carbonyl (C=O) groups is 1. The largest absolute Gasteiger partial charge is 0.481 e. The van der Waals surface area contributed by atoms with Crippen LogP contribution in [0.25, 0.3) is 0 Å². The van der Waals surface area contributed by atoms with Gasteiger partial charge in [-0.15, -0.1) is 0 Å². The van der Waals surface area contributed by atoms with Gasteiger partial charge in [-0.1, -0.05) is 24.3 Å². The summed E-state index contributed by atoms with van der Waals surface area (Å²) in [7, 11) is 0. The molecule has 74 valence electrons. The average Bonchev–Trinajstić information content (AvgIpc) is 2.04. The van der Waals surface area contributed by atoms with Gasteiger partial charge in [0, 0.05) is 6.04 Å². The van der Waals surface area contributed by atoms with Crippen molar-refractivity contribution in [2.24, 2.45) is 0 Å². The molecule has 1 saturated heterocycles. The Morgan fingerprint density at radius 3 is 2.79 bits per heavy atom. The topological polar surface area (TPSA) is 49.3 Å². The zero-order chi connectivity index (χ0) is 9.97. The molecule has 1 atom stereocenters. The standard InChI is InChI=1S/C11H13NO2/c13-11(14)7-8-3-1-2-4-9(8)10-5-6-12-10/h1-4,10,12H,5-7H2,(H,13,14). The first-order valence-corrected chi connectivity index (χ1v) is 4.80. The third kappa shape index (κ3) is 1.77. The van der Waals surface area contributed by atoms with Gasteiger partial charge in [-0.2, -0.15) is 0 Å². The predicted octanol–water partition coefficient (Wildman–Crippen LogP) is 1.35. The predicted molar refractivity (Wildman–Crippen MR) is 53.1 cm³/mol. The van der Waals surface area contributed by atoms with Crippen molar-refractivity contribution in [3.05, 3.63) is 35.4 Å². The molecule has 1 heterocycles. The molecule has 1 aromatic carbocycles. The molecule has 0 bridgehead atoms. The van der Waals surface area contributed by atoms with Crippen LogP contribution >= 0.6 is 0 Å². The summed E-state index contributed by atoms with van der Waals surface area (Å²) in [5.41, 5.74) is 2.07. The smallest absolute Gasteiger partial charge is 0.307 e. The number of hydrogen-bond donors (Lipinski definition) is 2. The number of benzene rings is 1. The normalized spacial score (nSPS) is 20.1. The molecule has 0 aliphatic carbocycles. The van der Waals surface area contributed by atoms with E-state index in [9.17, 15) is 4.79 Å². The van der Waals surface area contributed by atoms with Crippen LogP contribution in [-0.4, -0.2) is 17.6 Å². The summed E-state index contributed by atoms with van der Waals surface area (Å²) in [6.07, 6.45) is 1.23. The van der Waals surface area contributed by atoms with Crippen LogP contribution in [0.15, 0.2) is 24.3 Å². The Morgan fingerprint density at radius 1 is 1.50 bits per heavy atom. The second-order valence-corrected chi connectivity index (χ2v) is 3.56. The van der Waals surface area contributed by atoms with Crippen LogP contribution in [-0.2, 0) is 11.2 Å². The Hall–Kier alpha value is -1.35. The van der Waals surface area contributed by atoms with Gasteiger partial charge in [-0.05, 0) is 24.1 Å². The maximum Gasteiger partial charge on any atom is 0.307 e. The number of carboxylic acid groups (broad SMARTS) is 1. The lowest BCUT2D eigenvalue weighted by atomic mass is 9.92. The highest BCUT2D eigenvalue weighted by molar-refractivity contribution is 5.70. The minimum absolute atomic E-state index is 0.119. The van der Waals surface area contributed by atoms with Gasteiger partial charge in [0.05, 0.1) is 6.42 Å². The van der Waals surface area contributed by atoms with Crippen molar-refractivity contribution in [2.45, 2.75) is 18.9 Å². The third-order valence-electron chi connectivity index (χ3n) is 2.60. The first-order valence-electron chi connectivity index (χ1n) is 4.80. The molecule has 1 aliphatic rings. The molecule has 0 spiro atoms. The van der Waals surface area contributed by atoms with E-state index in [2.05, 4.69) is 5.32 Å². The van der Waals surface area contributed by atoms with Crippen molar-refractivity contribution in [3.8, 4) is 0 Å². The molecule has 2 N–H and O–H groups in total. The summed E-state index contributed by atoms with van der Waals surface area (Å²) in [5, 5.41) is 12.0. The third-order valence-corrected chi connectivity index (χ3v) is 2.60. The Bertz CT molecular complexity index is 345. The van der Waals surface area contributed by atoms with Gasteiger partial charge in [-0.25, -0.2) is 0 Å². The Labute approximate surface area is 82.8 Å². The van der Waals surface area contributed by atoms with Gasteiger partial charge in [-0.3, -0.25) is 4.79 Å². The molecule has 1 unspecified atom stereocenters. The van der Waals surface area contributed by atoms with Crippen molar-refractivity contribution < 1.29 is 9.90 Å². The highest BCUT2D eigenvalue weighted by Crippen LogP contribution is 2.26. The molecule has 0 aromatic heterocycles. The fourth-order valence-corrected chi connectivity index (χ4v) is 1.75. The van der Waals surface area contributed by atoms with E-state index in [4.69, 9.17) is 5.11 Å². The SMILES string of the molecule is O=C(O)Cc1ccccc1C1CCN1. The lowest BCUT2D eigenvalue weighted by Crippen LogP contribution is -2.35. The Balaban J connectivity index is 2.23. The van der Waals surface area contributed by atoms with Crippen molar-refractivity contribution >= 4 is 5.97 Å². The summed E-state index contributed by atoms with van der Waals surface area (Å²) < 4.78 is 0. The number of carboxylic acids is 1. The second-order valence-electron chi connectivity index (χ2n) is 3.56. The Kier molecular flexibility index (Phi) is 2.50. The summed E-state index contributed by atoms with van der Waals surface area (Å²) >= 11 is 0. The van der Waals surface area contributed by atoms with Crippen molar-refractivity contribution in [3.63, 3.8) is 0 Å². The summed E-state index contributed by atoms with van der Waals surface area (Å²) in [5.74, 6) is -0.767. The van der Waals surface area contributed by atoms with Crippen LogP contribution in [0.4, 0.5) is 0 Å². The van der Waals surface area contributed by atoms with E-state index in [1.807, 2.05) is 24.3 Å². The molecular formula is C11H13NO2. The molecule has 0 radical (unpaired) electrons. The highest BCUT2D eigenvalue weighted by Gasteiger charge is 2.21. The van der Waals surface area contributed by atoms with Crippen molar-refractivity contribution in [2.75, 3.05) is 6.54 Å². The van der Waals surface area contributed by atoms with Crippen LogP contribution in [0.1, 0.15) is 23.6 Å². The van der Waals surface area contributed by atoms with Crippen molar-refractivity contribution in [1.82, 2.24) is 5.32 Å². The summed E-state index contributed by atoms with van der Waals surface area (Å²) in [4.78, 5) is 10.6. The van der Waals surface area contributed by atoms with E-state index in [0.29, 0.717) is 6.04 Å². The zero-order valence-electron chi connectivity index (χ0n) is 7.86. The second kappa shape index (κ2) is 3.80. The Morgan fingerprint density at radius 2 is 2.21 bits per heavy atom. The zero-order valence-corrected chi connectivity index (χ0v) is 7.86. The van der Waals surface area contributed by atoms with E-state index < -0.39 is 5.97 Å². The molecule has 2 rings (SSSR count). The molecule has 1 fully saturated rings. The van der Waals surface area contributed by atoms with E-state index in [0.717, 1.165) is 24.1 Å². The molecule has 1 aliphatic heterocycles. The van der Waals surface area contributed by atoms with Crippen LogP contribution in [0, 0.1) is 0 Å². The van der Waals surface area contributed by atoms with E-state index in [-0.39, 0.29) is 6.42 Å². The molecular weight excluding hydrogens is 178 g/mol. The maximum absolute atomic E-state index is 10.6. The van der Waals surface area contributed by atoms with Gasteiger partial charge in [0.25, 0.3) is 0 Å². The fourth-order valence-electron chi connectivity index (χ4n) is 1.75. The summed E-state index contributed by atoms with van der Waals surface area (Å²) in [6, 6.07) is 8.12. The minimum Gasteiger partial charge on any atom is -0.481 e. The van der Waals surface area contributed by atoms with E-state index >= 15 is 0 Å². The fraction of sp³-hybridized carbons (Fsp3) is 0.364. The van der Waals surface area contributed by atoms with Gasteiger partial charge >= 0.3 is 5.97 Å². The molecule has 14 heavy (non-hydrogen) atoms. The highest BCUT2D eigenvalue weighted by atomic mass is 16.4. The van der Waals surface area contributed by atoms with Crippen LogP contribution < -0.4 is 5.32 Å². The van der Waals surface area contributed by atoms with Crippen LogP contribution in [0.5, 0.6) is 0 Å². The average molecular weight is 191 g/mol. The number of aliphatic carboxylic acids is 1. The van der Waals surface area contributed by atoms with Crippen LogP contribution in [0.3, 0.4) is 0 Å². The number of hydrogen-bond acceptors (Lipinski definition) is 2. The van der Waals surface area contributed by atoms with Gasteiger partial charge < -0.3 is 10.4 Å². The molecule has 1 aromatic rings. The first-order chi connectivity index (χ1) is 6.77. The number of nitrogens with one attached hydrogen (secondary N) is 1. The van der Waals surface area contributed by atoms with E-state index in [1.54, 1.807) is 0 Å². The quantitative estimate of drug-likeness (QED) is 0.758. The monoisotopic (exact) mass is 191 g/mol. The lowest BCUT2D eigenvalue weighted by molar-refractivity contribution is -0.136. The summed E-state index contributed by atoms with van der Waals surface area (Å²) in [6.45, 7) is 1.03. The number of rotatable bonds is 3.